The van der Waals surface area contributed by atoms with Gasteiger partial charge in [0.2, 0.25) is 0 Å². The van der Waals surface area contributed by atoms with E-state index in [2.05, 4.69) is 0 Å². The molecule has 5 heteroatoms. The predicted molar refractivity (Wildman–Crippen MR) is 57.0 cm³/mol. The molecule has 0 aliphatic heterocycles. The Hall–Kier alpha value is -0.770. The van der Waals surface area contributed by atoms with Crippen molar-refractivity contribution in [1.82, 2.24) is 0 Å². The Morgan fingerprint density at radius 2 is 2.14 bits per heavy atom. The maximum atomic E-state index is 11.1. The minimum Gasteiger partial charge on any atom is -0.387 e. The van der Waals surface area contributed by atoms with Crippen molar-refractivity contribution in [3.05, 3.63) is 28.2 Å². The lowest BCUT2D eigenvalue weighted by Crippen LogP contribution is -2.29. The summed E-state index contributed by atoms with van der Waals surface area (Å²) in [5.74, 6) is -0.422. The number of hydrogen-bond donors (Lipinski definition) is 1. The van der Waals surface area contributed by atoms with Crippen molar-refractivity contribution in [2.75, 3.05) is 18.6 Å². The van der Waals surface area contributed by atoms with Gasteiger partial charge in [0.05, 0.1) is 10.7 Å². The van der Waals surface area contributed by atoms with Crippen LogP contribution in [0.5, 0.6) is 0 Å². The Labute approximate surface area is 91.8 Å². The number of carbonyl (C=O) groups is 1. The van der Waals surface area contributed by atoms with E-state index < -0.39 is 12.5 Å². The molecule has 0 fully saturated rings. The van der Waals surface area contributed by atoms with Gasteiger partial charge in [0.1, 0.15) is 6.61 Å². The molecule has 1 N–H and O–H groups in total. The molecule has 0 atom stereocenters. The van der Waals surface area contributed by atoms with E-state index in [9.17, 15) is 4.79 Å². The molecule has 14 heavy (non-hydrogen) atoms. The van der Waals surface area contributed by atoms with Crippen molar-refractivity contribution in [1.29, 1.82) is 0 Å². The van der Waals surface area contributed by atoms with Crippen LogP contribution >= 0.6 is 23.2 Å². The van der Waals surface area contributed by atoms with E-state index in [1.807, 2.05) is 0 Å². The first-order valence-corrected chi connectivity index (χ1v) is 4.64. The molecule has 0 saturated carbocycles. The fraction of sp³-hybridized carbons (Fsp3) is 0.222. The maximum Gasteiger partial charge on any atom is 0.252 e. The number of aliphatic hydroxyl groups is 1. The van der Waals surface area contributed by atoms with Gasteiger partial charge in [-0.1, -0.05) is 23.2 Å². The molecule has 0 unspecified atom stereocenters. The zero-order chi connectivity index (χ0) is 10.7. The topological polar surface area (TPSA) is 40.5 Å². The fourth-order valence-corrected chi connectivity index (χ4v) is 1.53. The number of nitrogens with zero attached hydrogens (tertiary/aromatic N) is 1. The summed E-state index contributed by atoms with van der Waals surface area (Å²) in [5, 5.41) is 9.53. The van der Waals surface area contributed by atoms with E-state index >= 15 is 0 Å². The summed E-state index contributed by atoms with van der Waals surface area (Å²) in [6.07, 6.45) is 0. The van der Waals surface area contributed by atoms with Gasteiger partial charge in [0.15, 0.2) is 0 Å². The molecule has 76 valence electrons. The molecule has 0 aliphatic rings. The number of likely N-dealkylation sites (N-methyl/N-ethyl adjacent to an activating group) is 1. The second kappa shape index (κ2) is 4.64. The first-order valence-electron chi connectivity index (χ1n) is 3.88. The Balaban J connectivity index is 3.01. The lowest BCUT2D eigenvalue weighted by atomic mass is 10.3. The summed E-state index contributed by atoms with van der Waals surface area (Å²) in [7, 11) is 1.54. The third-order valence-corrected chi connectivity index (χ3v) is 2.32. The normalized spacial score (nSPS) is 10.0. The molecular formula is C9H9Cl2NO2. The highest BCUT2D eigenvalue weighted by Crippen LogP contribution is 2.27. The maximum absolute atomic E-state index is 11.1. The monoisotopic (exact) mass is 233 g/mol. The molecule has 0 aromatic heterocycles. The van der Waals surface area contributed by atoms with Gasteiger partial charge in [-0.25, -0.2) is 0 Å². The Kier molecular flexibility index (Phi) is 3.75. The number of aliphatic hydroxyl groups excluding tert-OH is 1. The first kappa shape index (κ1) is 11.3. The Bertz CT molecular complexity index is 355. The Morgan fingerprint density at radius 3 is 2.64 bits per heavy atom. The fourth-order valence-electron chi connectivity index (χ4n) is 0.994. The third kappa shape index (κ3) is 2.38. The highest BCUT2D eigenvalue weighted by atomic mass is 35.5. The number of hydrogen-bond acceptors (Lipinski definition) is 2. The average Bonchev–Trinajstić information content (AvgIpc) is 2.15. The van der Waals surface area contributed by atoms with Crippen LogP contribution < -0.4 is 4.90 Å². The van der Waals surface area contributed by atoms with E-state index in [0.29, 0.717) is 15.7 Å². The molecule has 0 radical (unpaired) electrons. The number of halogens is 2. The molecule has 0 spiro atoms. The summed E-state index contributed by atoms with van der Waals surface area (Å²) in [5.41, 5.74) is 0.523. The molecule has 0 bridgehead atoms. The highest BCUT2D eigenvalue weighted by molar-refractivity contribution is 6.36. The van der Waals surface area contributed by atoms with Crippen LogP contribution in [-0.2, 0) is 4.79 Å². The predicted octanol–water partition coefficient (Wildman–Crippen LogP) is 1.95. The van der Waals surface area contributed by atoms with Crippen molar-refractivity contribution in [3.8, 4) is 0 Å². The van der Waals surface area contributed by atoms with Crippen LogP contribution in [-0.4, -0.2) is 24.7 Å². The number of anilines is 1. The van der Waals surface area contributed by atoms with Gasteiger partial charge < -0.3 is 10.0 Å². The number of amides is 1. The van der Waals surface area contributed by atoms with Gasteiger partial charge in [-0.3, -0.25) is 4.79 Å². The van der Waals surface area contributed by atoms with Crippen LogP contribution in [0.2, 0.25) is 10.0 Å². The largest absolute Gasteiger partial charge is 0.387 e. The van der Waals surface area contributed by atoms with Gasteiger partial charge in [-0.05, 0) is 18.2 Å². The molecule has 1 amide bonds. The molecule has 0 aliphatic carbocycles. The highest BCUT2D eigenvalue weighted by Gasteiger charge is 2.12. The van der Waals surface area contributed by atoms with Gasteiger partial charge in [0, 0.05) is 12.1 Å². The standard InChI is InChI=1S/C9H9Cl2NO2/c1-12(9(14)5-13)8-3-2-6(10)4-7(8)11/h2-4,13H,5H2,1H3. The number of benzene rings is 1. The Morgan fingerprint density at radius 1 is 1.50 bits per heavy atom. The molecule has 0 saturated heterocycles. The van der Waals surface area contributed by atoms with Crippen LogP contribution in [0.4, 0.5) is 5.69 Å². The van der Waals surface area contributed by atoms with E-state index in [4.69, 9.17) is 28.3 Å². The van der Waals surface area contributed by atoms with Crippen LogP contribution in [0.25, 0.3) is 0 Å². The van der Waals surface area contributed by atoms with Crippen molar-refractivity contribution >= 4 is 34.8 Å². The molecular weight excluding hydrogens is 225 g/mol. The van der Waals surface area contributed by atoms with Crippen LogP contribution in [0.15, 0.2) is 18.2 Å². The molecule has 0 heterocycles. The molecule has 1 aromatic carbocycles. The smallest absolute Gasteiger partial charge is 0.252 e. The SMILES string of the molecule is CN(C(=O)CO)c1ccc(Cl)cc1Cl. The van der Waals surface area contributed by atoms with Crippen molar-refractivity contribution in [2.24, 2.45) is 0 Å². The zero-order valence-corrected chi connectivity index (χ0v) is 9.01. The molecule has 1 aromatic rings. The molecule has 1 rings (SSSR count). The van der Waals surface area contributed by atoms with Crippen molar-refractivity contribution in [2.45, 2.75) is 0 Å². The third-order valence-electron chi connectivity index (χ3n) is 1.78. The summed E-state index contributed by atoms with van der Waals surface area (Å²) in [6.45, 7) is -0.546. The van der Waals surface area contributed by atoms with Crippen LogP contribution in [0.3, 0.4) is 0 Å². The summed E-state index contributed by atoms with van der Waals surface area (Å²) in [6, 6.07) is 4.79. The van der Waals surface area contributed by atoms with Gasteiger partial charge in [0.25, 0.3) is 5.91 Å². The van der Waals surface area contributed by atoms with Gasteiger partial charge in [-0.15, -0.1) is 0 Å². The van der Waals surface area contributed by atoms with Gasteiger partial charge in [-0.2, -0.15) is 0 Å². The van der Waals surface area contributed by atoms with Crippen LogP contribution in [0.1, 0.15) is 0 Å². The minimum atomic E-state index is -0.546. The minimum absolute atomic E-state index is 0.377. The quantitative estimate of drug-likeness (QED) is 0.849. The first-order chi connectivity index (χ1) is 6.56. The summed E-state index contributed by atoms with van der Waals surface area (Å²) >= 11 is 11.6. The van der Waals surface area contributed by atoms with Crippen molar-refractivity contribution in [3.63, 3.8) is 0 Å². The second-order valence-corrected chi connectivity index (χ2v) is 3.55. The second-order valence-electron chi connectivity index (χ2n) is 2.71. The number of carbonyl (C=O) groups excluding carboxylic acids is 1. The van der Waals surface area contributed by atoms with Crippen LogP contribution in [0, 0.1) is 0 Å². The van der Waals surface area contributed by atoms with E-state index in [1.165, 1.54) is 11.9 Å². The summed E-state index contributed by atoms with van der Waals surface area (Å²) in [4.78, 5) is 12.4. The van der Waals surface area contributed by atoms with Crippen molar-refractivity contribution < 1.29 is 9.90 Å². The van der Waals surface area contributed by atoms with Gasteiger partial charge >= 0.3 is 0 Å². The average molecular weight is 234 g/mol. The summed E-state index contributed by atoms with van der Waals surface area (Å²) < 4.78 is 0. The zero-order valence-electron chi connectivity index (χ0n) is 7.50. The lowest BCUT2D eigenvalue weighted by molar-refractivity contribution is -0.120. The van der Waals surface area contributed by atoms with E-state index in [0.717, 1.165) is 0 Å². The van der Waals surface area contributed by atoms with E-state index in [-0.39, 0.29) is 0 Å². The molecule has 3 nitrogen and oxygen atoms in total. The number of rotatable bonds is 2. The van der Waals surface area contributed by atoms with E-state index in [1.54, 1.807) is 18.2 Å². The lowest BCUT2D eigenvalue weighted by Gasteiger charge is -2.17.